The second-order valence-electron chi connectivity index (χ2n) is 11.4. The van der Waals surface area contributed by atoms with Crippen LogP contribution in [0.3, 0.4) is 0 Å². The van der Waals surface area contributed by atoms with E-state index in [4.69, 9.17) is 11.6 Å². The molecule has 2 bridgehead atoms. The fourth-order valence-electron chi connectivity index (χ4n) is 7.28. The van der Waals surface area contributed by atoms with Crippen molar-refractivity contribution < 1.29 is 19.3 Å². The highest BCUT2D eigenvalue weighted by atomic mass is 35.5. The van der Waals surface area contributed by atoms with Crippen molar-refractivity contribution in [1.82, 2.24) is 5.43 Å². The molecule has 0 spiro atoms. The van der Waals surface area contributed by atoms with Gasteiger partial charge in [0, 0.05) is 29.3 Å². The Hall–Kier alpha value is -5.15. The summed E-state index contributed by atoms with van der Waals surface area (Å²) < 4.78 is 0. The molecule has 0 aromatic heterocycles. The van der Waals surface area contributed by atoms with E-state index >= 15 is 0 Å². The molecule has 44 heavy (non-hydrogen) atoms. The number of halogens is 1. The zero-order chi connectivity index (χ0) is 30.7. The minimum atomic E-state index is -1.14. The number of rotatable bonds is 6. The molecule has 4 aromatic carbocycles. The van der Waals surface area contributed by atoms with E-state index in [1.165, 1.54) is 29.2 Å². The van der Waals surface area contributed by atoms with Crippen LogP contribution in [0.25, 0.3) is 0 Å². The molecule has 4 aromatic rings. The Bertz CT molecular complexity index is 1870. The number of anilines is 1. The number of hydrogen-bond acceptors (Lipinski definition) is 6. The molecule has 1 saturated heterocycles. The summed E-state index contributed by atoms with van der Waals surface area (Å²) in [7, 11) is 0. The first kappa shape index (κ1) is 27.7. The summed E-state index contributed by atoms with van der Waals surface area (Å²) >= 11 is 6.32. The predicted octanol–water partition coefficient (Wildman–Crippen LogP) is 5.45. The quantitative estimate of drug-likeness (QED) is 0.136. The van der Waals surface area contributed by atoms with Gasteiger partial charge in [-0.15, -0.1) is 0 Å². The SMILES string of the molecule is Cc1ccc(Cl)cc1N1C(=O)[C@@H]2C3c4ccccc4C(/C=N\NC(=O)Cc4ccc([N+](=O)[O-])cc4)(c4ccccc43)[C@H]2C1=O. The van der Waals surface area contributed by atoms with Crippen LogP contribution in [0.5, 0.6) is 0 Å². The Morgan fingerprint density at radius 2 is 1.61 bits per heavy atom. The van der Waals surface area contributed by atoms with Gasteiger partial charge in [-0.3, -0.25) is 24.5 Å². The minimum Gasteiger partial charge on any atom is -0.274 e. The third kappa shape index (κ3) is 4.00. The number of hydrazone groups is 1. The number of benzene rings is 4. The lowest BCUT2D eigenvalue weighted by atomic mass is 9.47. The van der Waals surface area contributed by atoms with Gasteiger partial charge < -0.3 is 0 Å². The molecule has 9 nitrogen and oxygen atoms in total. The second-order valence-corrected chi connectivity index (χ2v) is 11.8. The van der Waals surface area contributed by atoms with Gasteiger partial charge in [0.25, 0.3) is 5.69 Å². The predicted molar refractivity (Wildman–Crippen MR) is 165 cm³/mol. The van der Waals surface area contributed by atoms with Gasteiger partial charge in [0.05, 0.1) is 34.3 Å². The van der Waals surface area contributed by atoms with E-state index in [9.17, 15) is 24.5 Å². The first-order valence-electron chi connectivity index (χ1n) is 14.1. The maximum absolute atomic E-state index is 14.5. The lowest BCUT2D eigenvalue weighted by Gasteiger charge is -2.52. The van der Waals surface area contributed by atoms with Crippen molar-refractivity contribution in [3.05, 3.63) is 140 Å². The number of amides is 3. The van der Waals surface area contributed by atoms with E-state index in [1.807, 2.05) is 55.5 Å². The number of non-ortho nitro benzene ring substituents is 1. The van der Waals surface area contributed by atoms with Gasteiger partial charge in [-0.1, -0.05) is 78.3 Å². The van der Waals surface area contributed by atoms with Crippen LogP contribution in [0.15, 0.2) is 96.1 Å². The number of carbonyl (C=O) groups excluding carboxylic acids is 3. The molecule has 2 atom stereocenters. The fraction of sp³-hybridized carbons (Fsp3) is 0.176. The molecule has 4 aliphatic rings. The topological polar surface area (TPSA) is 122 Å². The Balaban J connectivity index is 1.32. The number of nitrogens with zero attached hydrogens (tertiary/aromatic N) is 3. The summed E-state index contributed by atoms with van der Waals surface area (Å²) in [6.45, 7) is 1.84. The van der Waals surface area contributed by atoms with Crippen LogP contribution in [0, 0.1) is 28.9 Å². The van der Waals surface area contributed by atoms with Crippen LogP contribution in [0.1, 0.15) is 39.3 Å². The highest BCUT2D eigenvalue weighted by Gasteiger charge is 2.68. The van der Waals surface area contributed by atoms with Crippen LogP contribution in [-0.2, 0) is 26.2 Å². The van der Waals surface area contributed by atoms with Gasteiger partial charge in [0.2, 0.25) is 17.7 Å². The Labute approximate surface area is 257 Å². The Morgan fingerprint density at radius 3 is 2.25 bits per heavy atom. The zero-order valence-electron chi connectivity index (χ0n) is 23.4. The van der Waals surface area contributed by atoms with Crippen molar-refractivity contribution in [2.24, 2.45) is 16.9 Å². The first-order valence-corrected chi connectivity index (χ1v) is 14.5. The summed E-state index contributed by atoms with van der Waals surface area (Å²) in [5.41, 5.74) is 6.80. The zero-order valence-corrected chi connectivity index (χ0v) is 24.2. The fourth-order valence-corrected chi connectivity index (χ4v) is 7.44. The maximum atomic E-state index is 14.5. The smallest absolute Gasteiger partial charge is 0.269 e. The third-order valence-corrected chi connectivity index (χ3v) is 9.30. The number of nitro groups is 1. The number of hydrogen-bond donors (Lipinski definition) is 1. The Kier molecular flexibility index (Phi) is 6.44. The van der Waals surface area contributed by atoms with Crippen molar-refractivity contribution in [2.75, 3.05) is 4.90 Å². The summed E-state index contributed by atoms with van der Waals surface area (Å²) in [4.78, 5) is 53.5. The van der Waals surface area contributed by atoms with Gasteiger partial charge >= 0.3 is 0 Å². The van der Waals surface area contributed by atoms with Gasteiger partial charge in [-0.05, 0) is 52.4 Å². The van der Waals surface area contributed by atoms with E-state index in [1.54, 1.807) is 24.4 Å². The summed E-state index contributed by atoms with van der Waals surface area (Å²) in [5, 5.41) is 15.8. The molecule has 0 radical (unpaired) electrons. The van der Waals surface area contributed by atoms with Crippen molar-refractivity contribution in [3.8, 4) is 0 Å². The van der Waals surface area contributed by atoms with E-state index in [0.29, 0.717) is 16.3 Å². The second kappa shape index (κ2) is 10.2. The molecule has 1 fully saturated rings. The van der Waals surface area contributed by atoms with Crippen molar-refractivity contribution >= 4 is 46.9 Å². The number of nitro benzene ring substituents is 1. The molecule has 1 aliphatic heterocycles. The number of aryl methyl sites for hydroxylation is 1. The lowest BCUT2D eigenvalue weighted by molar-refractivity contribution is -0.384. The monoisotopic (exact) mass is 604 g/mol. The van der Waals surface area contributed by atoms with E-state index in [0.717, 1.165) is 27.8 Å². The maximum Gasteiger partial charge on any atom is 0.269 e. The van der Waals surface area contributed by atoms with E-state index in [-0.39, 0.29) is 29.8 Å². The summed E-state index contributed by atoms with van der Waals surface area (Å²) in [6, 6.07) is 26.5. The molecule has 3 aliphatic carbocycles. The van der Waals surface area contributed by atoms with Crippen LogP contribution < -0.4 is 10.3 Å². The highest BCUT2D eigenvalue weighted by Crippen LogP contribution is 2.63. The molecule has 1 heterocycles. The molecule has 1 N–H and O–H groups in total. The molecule has 218 valence electrons. The van der Waals surface area contributed by atoms with Crippen molar-refractivity contribution in [3.63, 3.8) is 0 Å². The van der Waals surface area contributed by atoms with Crippen molar-refractivity contribution in [1.29, 1.82) is 0 Å². The van der Waals surface area contributed by atoms with Crippen LogP contribution >= 0.6 is 11.6 Å². The molecule has 0 unspecified atom stereocenters. The molecule has 0 saturated carbocycles. The Morgan fingerprint density at radius 1 is 0.977 bits per heavy atom. The molecule has 8 rings (SSSR count). The van der Waals surface area contributed by atoms with Gasteiger partial charge in [0.1, 0.15) is 0 Å². The van der Waals surface area contributed by atoms with Crippen molar-refractivity contribution in [2.45, 2.75) is 24.7 Å². The van der Waals surface area contributed by atoms with E-state index < -0.39 is 28.1 Å². The van der Waals surface area contributed by atoms with Crippen LogP contribution in [0.2, 0.25) is 5.02 Å². The number of imide groups is 1. The summed E-state index contributed by atoms with van der Waals surface area (Å²) in [6.07, 6.45) is 1.55. The largest absolute Gasteiger partial charge is 0.274 e. The average Bonchev–Trinajstić information content (AvgIpc) is 3.29. The normalized spacial score (nSPS) is 23.0. The van der Waals surface area contributed by atoms with Gasteiger partial charge in [-0.25, -0.2) is 10.3 Å². The summed E-state index contributed by atoms with van der Waals surface area (Å²) in [5.74, 6) is -2.90. The lowest BCUT2D eigenvalue weighted by Crippen LogP contribution is -2.54. The van der Waals surface area contributed by atoms with Crippen LogP contribution in [-0.4, -0.2) is 28.9 Å². The van der Waals surface area contributed by atoms with E-state index in [2.05, 4.69) is 10.5 Å². The standard InChI is InChI=1S/C34H25ClN4O5/c1-19-10-13-21(35)17-27(19)38-32(41)30-29-23-6-2-4-8-25(23)34(31(30)33(38)42,26-9-5-3-7-24(26)29)18-36-37-28(40)16-20-11-14-22(15-12-20)39(43)44/h2-15,17-18,29-31H,16H2,1H3,(H,37,40)/b36-18-/t29?,30-,31-,34?/m1/s1. The first-order chi connectivity index (χ1) is 21.2. The third-order valence-electron chi connectivity index (χ3n) is 9.07. The highest BCUT2D eigenvalue weighted by molar-refractivity contribution is 6.31. The average molecular weight is 605 g/mol. The van der Waals surface area contributed by atoms with Gasteiger partial charge in [-0.2, -0.15) is 5.10 Å². The molecular formula is C34H25ClN4O5. The number of carbonyl (C=O) groups is 3. The molecular weight excluding hydrogens is 580 g/mol. The molecule has 3 amide bonds. The number of nitrogens with one attached hydrogen (secondary N) is 1. The molecule has 10 heteroatoms. The van der Waals surface area contributed by atoms with Gasteiger partial charge in [0.15, 0.2) is 0 Å². The van der Waals surface area contributed by atoms with Crippen LogP contribution in [0.4, 0.5) is 11.4 Å². The minimum absolute atomic E-state index is 0.0527.